The third kappa shape index (κ3) is 3.61. The van der Waals surface area contributed by atoms with Crippen LogP contribution in [0.4, 0.5) is 0 Å². The molecule has 2 heterocycles. The highest BCUT2D eigenvalue weighted by Gasteiger charge is 2.35. The van der Waals surface area contributed by atoms with Crippen molar-refractivity contribution in [3.05, 3.63) is 24.3 Å². The summed E-state index contributed by atoms with van der Waals surface area (Å²) in [5.74, 6) is 0. The Morgan fingerprint density at radius 3 is 2.44 bits per heavy atom. The third-order valence-corrected chi connectivity index (χ3v) is 8.52. The molecule has 1 saturated carbocycles. The number of rotatable bonds is 5. The largest absolute Gasteiger partial charge is 0.310 e. The summed E-state index contributed by atoms with van der Waals surface area (Å²) in [6, 6.07) is 6.24. The number of benzene rings is 1. The maximum absolute atomic E-state index is 13.0. The predicted octanol–water partition coefficient (Wildman–Crippen LogP) is 0.642. The molecule has 2 unspecified atom stereocenters. The fourth-order valence-electron chi connectivity index (χ4n) is 3.57. The van der Waals surface area contributed by atoms with Gasteiger partial charge in [0.25, 0.3) is 0 Å². The highest BCUT2D eigenvalue weighted by molar-refractivity contribution is 7.90. The maximum atomic E-state index is 13.0. The summed E-state index contributed by atoms with van der Waals surface area (Å²) in [7, 11) is -7.37. The molecule has 0 radical (unpaired) electrons. The van der Waals surface area contributed by atoms with Crippen molar-refractivity contribution in [2.75, 3.05) is 13.1 Å². The maximum Gasteiger partial charge on any atom is 0.243 e. The van der Waals surface area contributed by atoms with E-state index in [1.54, 1.807) is 0 Å². The molecule has 0 aromatic heterocycles. The zero-order chi connectivity index (χ0) is 17.7. The molecule has 1 aliphatic carbocycles. The Balaban J connectivity index is 1.60. The number of fused-ring (bicyclic) bond motifs is 2. The van der Waals surface area contributed by atoms with Gasteiger partial charge in [-0.1, -0.05) is 6.07 Å². The smallest absolute Gasteiger partial charge is 0.243 e. The van der Waals surface area contributed by atoms with Crippen LogP contribution in [0.5, 0.6) is 0 Å². The first-order valence-corrected chi connectivity index (χ1v) is 11.7. The highest BCUT2D eigenvalue weighted by atomic mass is 32.2. The van der Waals surface area contributed by atoms with Crippen LogP contribution in [-0.2, 0) is 20.0 Å². The van der Waals surface area contributed by atoms with Gasteiger partial charge in [0.1, 0.15) is 0 Å². The first-order valence-electron chi connectivity index (χ1n) is 8.73. The highest BCUT2D eigenvalue weighted by Crippen LogP contribution is 2.27. The first kappa shape index (κ1) is 17.4. The fraction of sp³-hybridized carbons (Fsp3) is 0.625. The van der Waals surface area contributed by atoms with E-state index in [0.717, 1.165) is 32.1 Å². The molecule has 2 bridgehead atoms. The van der Waals surface area contributed by atoms with E-state index in [-0.39, 0.29) is 21.9 Å². The van der Waals surface area contributed by atoms with Gasteiger partial charge >= 0.3 is 0 Å². The van der Waals surface area contributed by atoms with Crippen LogP contribution in [0, 0.1) is 0 Å². The van der Waals surface area contributed by atoms with E-state index in [1.165, 1.54) is 28.6 Å². The molecule has 3 fully saturated rings. The van der Waals surface area contributed by atoms with Crippen LogP contribution in [-0.4, -0.2) is 52.4 Å². The van der Waals surface area contributed by atoms with Crippen molar-refractivity contribution in [3.8, 4) is 0 Å². The number of nitrogens with zero attached hydrogens (tertiary/aromatic N) is 1. The van der Waals surface area contributed by atoms with Crippen LogP contribution < -0.4 is 10.0 Å². The van der Waals surface area contributed by atoms with Crippen LogP contribution in [0.1, 0.15) is 32.1 Å². The molecule has 2 aliphatic heterocycles. The normalized spacial score (nSPS) is 28.0. The Morgan fingerprint density at radius 2 is 1.68 bits per heavy atom. The second-order valence-corrected chi connectivity index (χ2v) is 10.8. The SMILES string of the molecule is O=S(=O)(NC1CC1)c1cccc(S(=O)(=O)N2CCC3CCC(C2)N3)c1. The number of hydrogen-bond acceptors (Lipinski definition) is 5. The zero-order valence-corrected chi connectivity index (χ0v) is 15.5. The molecular formula is C16H23N3O4S2. The summed E-state index contributed by atoms with van der Waals surface area (Å²) >= 11 is 0. The number of sulfonamides is 2. The van der Waals surface area contributed by atoms with Gasteiger partial charge in [-0.15, -0.1) is 0 Å². The summed E-state index contributed by atoms with van der Waals surface area (Å²) in [5, 5.41) is 3.46. The van der Waals surface area contributed by atoms with E-state index in [1.807, 2.05) is 0 Å². The lowest BCUT2D eigenvalue weighted by Crippen LogP contribution is -2.39. The molecule has 1 aromatic rings. The molecule has 9 heteroatoms. The van der Waals surface area contributed by atoms with Crippen molar-refractivity contribution < 1.29 is 16.8 Å². The van der Waals surface area contributed by atoms with Gasteiger partial charge in [-0.2, -0.15) is 4.31 Å². The third-order valence-electron chi connectivity index (χ3n) is 5.14. The average molecular weight is 386 g/mol. The monoisotopic (exact) mass is 385 g/mol. The van der Waals surface area contributed by atoms with E-state index in [2.05, 4.69) is 10.0 Å². The second kappa shape index (κ2) is 6.31. The van der Waals surface area contributed by atoms with E-state index in [4.69, 9.17) is 0 Å². The van der Waals surface area contributed by atoms with Gasteiger partial charge in [-0.25, -0.2) is 21.6 Å². The number of hydrogen-bond donors (Lipinski definition) is 2. The first-order chi connectivity index (χ1) is 11.8. The second-order valence-electron chi connectivity index (χ2n) is 7.16. The minimum absolute atomic E-state index is 0.00921. The Morgan fingerprint density at radius 1 is 0.960 bits per heavy atom. The van der Waals surface area contributed by atoms with Gasteiger partial charge in [0.2, 0.25) is 20.0 Å². The molecule has 2 atom stereocenters. The zero-order valence-electron chi connectivity index (χ0n) is 13.9. The molecule has 25 heavy (non-hydrogen) atoms. The van der Waals surface area contributed by atoms with E-state index >= 15 is 0 Å². The van der Waals surface area contributed by atoms with E-state index in [0.29, 0.717) is 19.1 Å². The minimum atomic E-state index is -3.70. The van der Waals surface area contributed by atoms with Crippen LogP contribution in [0.15, 0.2) is 34.1 Å². The lowest BCUT2D eigenvalue weighted by Gasteiger charge is -2.23. The summed E-state index contributed by atoms with van der Waals surface area (Å²) in [6.45, 7) is 0.907. The molecule has 7 nitrogen and oxygen atoms in total. The fourth-order valence-corrected chi connectivity index (χ4v) is 6.54. The molecule has 138 valence electrons. The van der Waals surface area contributed by atoms with Crippen molar-refractivity contribution in [1.82, 2.24) is 14.3 Å². The van der Waals surface area contributed by atoms with Gasteiger partial charge in [-0.05, 0) is 50.3 Å². The van der Waals surface area contributed by atoms with Crippen LogP contribution >= 0.6 is 0 Å². The Hall–Kier alpha value is -1.00. The van der Waals surface area contributed by atoms with Crippen molar-refractivity contribution >= 4 is 20.0 Å². The molecule has 2 N–H and O–H groups in total. The van der Waals surface area contributed by atoms with E-state index in [9.17, 15) is 16.8 Å². The van der Waals surface area contributed by atoms with Crippen molar-refractivity contribution in [2.24, 2.45) is 0 Å². The topological polar surface area (TPSA) is 95.6 Å². The summed E-state index contributed by atoms with van der Waals surface area (Å²) in [6.07, 6.45) is 4.54. The lowest BCUT2D eigenvalue weighted by molar-refractivity contribution is 0.383. The Labute approximate surface area is 148 Å². The van der Waals surface area contributed by atoms with Crippen LogP contribution in [0.2, 0.25) is 0 Å². The molecule has 3 aliphatic rings. The van der Waals surface area contributed by atoms with Gasteiger partial charge in [0, 0.05) is 31.2 Å². The summed E-state index contributed by atoms with van der Waals surface area (Å²) in [5.41, 5.74) is 0. The Bertz CT molecular complexity index is 865. The number of nitrogens with one attached hydrogen (secondary N) is 2. The average Bonchev–Trinajstić information content (AvgIpc) is 3.29. The molecular weight excluding hydrogens is 362 g/mol. The lowest BCUT2D eigenvalue weighted by atomic mass is 10.1. The van der Waals surface area contributed by atoms with Crippen molar-refractivity contribution in [2.45, 2.75) is 60.0 Å². The van der Waals surface area contributed by atoms with Gasteiger partial charge in [0.15, 0.2) is 0 Å². The van der Waals surface area contributed by atoms with Crippen LogP contribution in [0.3, 0.4) is 0 Å². The standard InChI is InChI=1S/C16H23N3O4S2/c20-24(21,18-13-5-6-13)15-2-1-3-16(10-15)25(22,23)19-9-8-12-4-7-14(11-19)17-12/h1-3,10,12-14,17-18H,4-9,11H2. The molecule has 2 saturated heterocycles. The van der Waals surface area contributed by atoms with Gasteiger partial charge in [-0.3, -0.25) is 0 Å². The molecule has 0 spiro atoms. The van der Waals surface area contributed by atoms with E-state index < -0.39 is 20.0 Å². The quantitative estimate of drug-likeness (QED) is 0.776. The Kier molecular flexibility index (Phi) is 4.40. The van der Waals surface area contributed by atoms with Crippen molar-refractivity contribution in [3.63, 3.8) is 0 Å². The van der Waals surface area contributed by atoms with Crippen molar-refractivity contribution in [1.29, 1.82) is 0 Å². The van der Waals surface area contributed by atoms with Crippen LogP contribution in [0.25, 0.3) is 0 Å². The predicted molar refractivity (Wildman–Crippen MR) is 93.1 cm³/mol. The summed E-state index contributed by atoms with van der Waals surface area (Å²) in [4.78, 5) is 0.0545. The van der Waals surface area contributed by atoms with Gasteiger partial charge < -0.3 is 5.32 Å². The molecule has 4 rings (SSSR count). The summed E-state index contributed by atoms with van der Waals surface area (Å²) < 4.78 is 54.8. The molecule has 0 amide bonds. The van der Waals surface area contributed by atoms with Gasteiger partial charge in [0.05, 0.1) is 9.79 Å². The molecule has 1 aromatic carbocycles. The minimum Gasteiger partial charge on any atom is -0.310 e.